The second kappa shape index (κ2) is 3.92. The molecule has 1 aliphatic heterocycles. The van der Waals surface area contributed by atoms with Gasteiger partial charge in [0, 0.05) is 18.0 Å². The number of nitrogens with zero attached hydrogens (tertiary/aromatic N) is 2. The van der Waals surface area contributed by atoms with E-state index < -0.39 is 0 Å². The fraction of sp³-hybridized carbons (Fsp3) is 0.600. The van der Waals surface area contributed by atoms with Crippen LogP contribution in [0.25, 0.3) is 0 Å². The maximum atomic E-state index is 5.27. The standard InChI is InChI=1S/C10H15N3O/c1-7-5-8(2)12-10(11-7)13-9-3-4-14-6-9/h5,9H,3-4,6H2,1-2H3,(H,11,12,13). The van der Waals surface area contributed by atoms with Crippen molar-refractivity contribution >= 4 is 5.95 Å². The summed E-state index contributed by atoms with van der Waals surface area (Å²) in [7, 11) is 0. The molecule has 1 atom stereocenters. The van der Waals surface area contributed by atoms with Gasteiger partial charge in [0.2, 0.25) is 5.95 Å². The third kappa shape index (κ3) is 2.20. The number of hydrogen-bond acceptors (Lipinski definition) is 4. The molecule has 0 aliphatic carbocycles. The van der Waals surface area contributed by atoms with Crippen molar-refractivity contribution < 1.29 is 4.74 Å². The Morgan fingerprint density at radius 3 is 2.64 bits per heavy atom. The number of nitrogens with one attached hydrogen (secondary N) is 1. The van der Waals surface area contributed by atoms with E-state index >= 15 is 0 Å². The largest absolute Gasteiger partial charge is 0.379 e. The molecule has 0 amide bonds. The molecule has 1 aromatic heterocycles. The Labute approximate surface area is 83.7 Å². The van der Waals surface area contributed by atoms with Gasteiger partial charge in [-0.05, 0) is 26.3 Å². The quantitative estimate of drug-likeness (QED) is 0.769. The molecule has 0 bridgehead atoms. The molecule has 0 spiro atoms. The summed E-state index contributed by atoms with van der Waals surface area (Å²) in [5.41, 5.74) is 2.00. The van der Waals surface area contributed by atoms with E-state index in [0.717, 1.165) is 37.0 Å². The van der Waals surface area contributed by atoms with Crippen molar-refractivity contribution in [2.24, 2.45) is 0 Å². The second-order valence-electron chi connectivity index (χ2n) is 3.68. The molecule has 0 radical (unpaired) electrons. The zero-order valence-corrected chi connectivity index (χ0v) is 8.58. The van der Waals surface area contributed by atoms with Crippen LogP contribution in [-0.4, -0.2) is 29.2 Å². The first-order chi connectivity index (χ1) is 6.74. The number of aryl methyl sites for hydroxylation is 2. The highest BCUT2D eigenvalue weighted by Crippen LogP contribution is 2.10. The summed E-state index contributed by atoms with van der Waals surface area (Å²) in [6.07, 6.45) is 1.04. The molecular formula is C10H15N3O. The van der Waals surface area contributed by atoms with E-state index in [1.54, 1.807) is 0 Å². The Morgan fingerprint density at radius 2 is 2.07 bits per heavy atom. The van der Waals surface area contributed by atoms with Crippen LogP contribution in [0, 0.1) is 13.8 Å². The highest BCUT2D eigenvalue weighted by molar-refractivity contribution is 5.29. The minimum atomic E-state index is 0.371. The van der Waals surface area contributed by atoms with E-state index in [1.165, 1.54) is 0 Å². The lowest BCUT2D eigenvalue weighted by atomic mass is 10.3. The highest BCUT2D eigenvalue weighted by Gasteiger charge is 2.16. The van der Waals surface area contributed by atoms with Gasteiger partial charge >= 0.3 is 0 Å². The number of rotatable bonds is 2. The lowest BCUT2D eigenvalue weighted by Crippen LogP contribution is -2.20. The third-order valence-corrected chi connectivity index (χ3v) is 2.25. The predicted octanol–water partition coefficient (Wildman–Crippen LogP) is 1.29. The van der Waals surface area contributed by atoms with Gasteiger partial charge in [-0.3, -0.25) is 0 Å². The average Bonchev–Trinajstić information content (AvgIpc) is 2.54. The molecule has 0 saturated carbocycles. The summed E-state index contributed by atoms with van der Waals surface area (Å²) in [6, 6.07) is 2.34. The molecule has 1 N–H and O–H groups in total. The van der Waals surface area contributed by atoms with E-state index in [1.807, 2.05) is 19.9 Å². The van der Waals surface area contributed by atoms with Crippen LogP contribution in [0.15, 0.2) is 6.07 Å². The molecular weight excluding hydrogens is 178 g/mol. The summed E-state index contributed by atoms with van der Waals surface area (Å²) in [4.78, 5) is 8.64. The minimum Gasteiger partial charge on any atom is -0.379 e. The van der Waals surface area contributed by atoms with Gasteiger partial charge in [-0.1, -0.05) is 0 Å². The molecule has 1 fully saturated rings. The van der Waals surface area contributed by atoms with Crippen LogP contribution >= 0.6 is 0 Å². The fourth-order valence-electron chi connectivity index (χ4n) is 1.62. The van der Waals surface area contributed by atoms with Crippen LogP contribution in [-0.2, 0) is 4.74 Å². The van der Waals surface area contributed by atoms with Crippen LogP contribution in [0.3, 0.4) is 0 Å². The summed E-state index contributed by atoms with van der Waals surface area (Å²) in [5.74, 6) is 0.720. The third-order valence-electron chi connectivity index (χ3n) is 2.25. The number of hydrogen-bond donors (Lipinski definition) is 1. The van der Waals surface area contributed by atoms with Crippen molar-refractivity contribution in [3.05, 3.63) is 17.5 Å². The number of ether oxygens (including phenoxy) is 1. The Kier molecular flexibility index (Phi) is 2.63. The van der Waals surface area contributed by atoms with E-state index in [2.05, 4.69) is 15.3 Å². The lowest BCUT2D eigenvalue weighted by molar-refractivity contribution is 0.195. The Balaban J connectivity index is 2.07. The zero-order valence-electron chi connectivity index (χ0n) is 8.58. The first kappa shape index (κ1) is 9.40. The van der Waals surface area contributed by atoms with Gasteiger partial charge in [0.15, 0.2) is 0 Å². The summed E-state index contributed by atoms with van der Waals surface area (Å²) in [5, 5.41) is 3.28. The van der Waals surface area contributed by atoms with E-state index in [4.69, 9.17) is 4.74 Å². The number of aromatic nitrogens is 2. The van der Waals surface area contributed by atoms with E-state index in [0.29, 0.717) is 6.04 Å². The Morgan fingerprint density at radius 1 is 1.36 bits per heavy atom. The van der Waals surface area contributed by atoms with Crippen molar-refractivity contribution in [2.45, 2.75) is 26.3 Å². The normalized spacial score (nSPS) is 21.1. The molecule has 1 unspecified atom stereocenters. The zero-order chi connectivity index (χ0) is 9.97. The first-order valence-corrected chi connectivity index (χ1v) is 4.90. The smallest absolute Gasteiger partial charge is 0.223 e. The molecule has 4 nitrogen and oxygen atoms in total. The van der Waals surface area contributed by atoms with Crippen LogP contribution in [0.5, 0.6) is 0 Å². The van der Waals surface area contributed by atoms with E-state index in [-0.39, 0.29) is 0 Å². The summed E-state index contributed by atoms with van der Waals surface area (Å²) < 4.78 is 5.27. The topological polar surface area (TPSA) is 47.0 Å². The number of anilines is 1. The lowest BCUT2D eigenvalue weighted by Gasteiger charge is -2.10. The molecule has 0 aromatic carbocycles. The van der Waals surface area contributed by atoms with Crippen LogP contribution in [0.4, 0.5) is 5.95 Å². The van der Waals surface area contributed by atoms with Gasteiger partial charge in [0.05, 0.1) is 12.6 Å². The molecule has 4 heteroatoms. The van der Waals surface area contributed by atoms with Crippen molar-refractivity contribution in [1.82, 2.24) is 9.97 Å². The molecule has 2 rings (SSSR count). The monoisotopic (exact) mass is 193 g/mol. The SMILES string of the molecule is Cc1cc(C)nc(NC2CCOC2)n1. The van der Waals surface area contributed by atoms with Crippen molar-refractivity contribution in [1.29, 1.82) is 0 Å². The molecule has 14 heavy (non-hydrogen) atoms. The summed E-state index contributed by atoms with van der Waals surface area (Å²) >= 11 is 0. The van der Waals surface area contributed by atoms with Crippen molar-refractivity contribution in [3.63, 3.8) is 0 Å². The van der Waals surface area contributed by atoms with Crippen molar-refractivity contribution in [2.75, 3.05) is 18.5 Å². The fourth-order valence-corrected chi connectivity index (χ4v) is 1.62. The Bertz CT molecular complexity index is 301. The molecule has 1 aliphatic rings. The van der Waals surface area contributed by atoms with Crippen molar-refractivity contribution in [3.8, 4) is 0 Å². The van der Waals surface area contributed by atoms with Crippen LogP contribution < -0.4 is 5.32 Å². The predicted molar refractivity (Wildman–Crippen MR) is 54.4 cm³/mol. The molecule has 76 valence electrons. The van der Waals surface area contributed by atoms with Gasteiger partial charge in [0.1, 0.15) is 0 Å². The second-order valence-corrected chi connectivity index (χ2v) is 3.68. The molecule has 2 heterocycles. The van der Waals surface area contributed by atoms with Gasteiger partial charge in [-0.25, -0.2) is 9.97 Å². The van der Waals surface area contributed by atoms with Gasteiger partial charge in [0.25, 0.3) is 0 Å². The van der Waals surface area contributed by atoms with E-state index in [9.17, 15) is 0 Å². The van der Waals surface area contributed by atoms with Crippen LogP contribution in [0.1, 0.15) is 17.8 Å². The minimum absolute atomic E-state index is 0.371. The van der Waals surface area contributed by atoms with Gasteiger partial charge < -0.3 is 10.1 Å². The van der Waals surface area contributed by atoms with Gasteiger partial charge in [-0.2, -0.15) is 0 Å². The maximum Gasteiger partial charge on any atom is 0.223 e. The van der Waals surface area contributed by atoms with Crippen LogP contribution in [0.2, 0.25) is 0 Å². The highest BCUT2D eigenvalue weighted by atomic mass is 16.5. The Hall–Kier alpha value is -1.16. The molecule has 1 saturated heterocycles. The first-order valence-electron chi connectivity index (χ1n) is 4.90. The molecule has 1 aromatic rings. The average molecular weight is 193 g/mol. The van der Waals surface area contributed by atoms with Gasteiger partial charge in [-0.15, -0.1) is 0 Å². The maximum absolute atomic E-state index is 5.27. The summed E-state index contributed by atoms with van der Waals surface area (Å²) in [6.45, 7) is 5.55.